The highest BCUT2D eigenvalue weighted by Gasteiger charge is 2.22. The SMILES string of the molecule is CCN1CCC(N(C)Cc2ncc(-c3cccs3)o2)CC1. The summed E-state index contributed by atoms with van der Waals surface area (Å²) in [6.07, 6.45) is 4.32. The molecule has 0 saturated carbocycles. The van der Waals surface area contributed by atoms with Gasteiger partial charge in [0.2, 0.25) is 5.89 Å². The van der Waals surface area contributed by atoms with E-state index in [2.05, 4.69) is 40.2 Å². The summed E-state index contributed by atoms with van der Waals surface area (Å²) < 4.78 is 5.88. The zero-order valence-corrected chi connectivity index (χ0v) is 13.6. The molecule has 2 aromatic heterocycles. The van der Waals surface area contributed by atoms with Crippen molar-refractivity contribution in [2.24, 2.45) is 0 Å². The summed E-state index contributed by atoms with van der Waals surface area (Å²) in [6.45, 7) is 6.61. The van der Waals surface area contributed by atoms with Gasteiger partial charge in [-0.2, -0.15) is 0 Å². The van der Waals surface area contributed by atoms with Gasteiger partial charge in [0.15, 0.2) is 5.76 Å². The average molecular weight is 305 g/mol. The van der Waals surface area contributed by atoms with Crippen LogP contribution in [0.2, 0.25) is 0 Å². The highest BCUT2D eigenvalue weighted by molar-refractivity contribution is 7.13. The Morgan fingerprint density at radius 1 is 1.43 bits per heavy atom. The Balaban J connectivity index is 1.57. The molecule has 0 N–H and O–H groups in total. The first-order valence-electron chi connectivity index (χ1n) is 7.67. The molecule has 1 saturated heterocycles. The van der Waals surface area contributed by atoms with Crippen molar-refractivity contribution >= 4 is 11.3 Å². The number of thiophene rings is 1. The fraction of sp³-hybridized carbons (Fsp3) is 0.562. The van der Waals surface area contributed by atoms with Gasteiger partial charge in [0.25, 0.3) is 0 Å². The van der Waals surface area contributed by atoms with E-state index in [1.807, 2.05) is 12.3 Å². The van der Waals surface area contributed by atoms with Crippen LogP contribution in [0, 0.1) is 0 Å². The van der Waals surface area contributed by atoms with Crippen molar-refractivity contribution in [3.8, 4) is 10.6 Å². The predicted octanol–water partition coefficient (Wildman–Crippen LogP) is 3.32. The highest BCUT2D eigenvalue weighted by atomic mass is 32.1. The quantitative estimate of drug-likeness (QED) is 0.848. The third kappa shape index (κ3) is 3.54. The van der Waals surface area contributed by atoms with Crippen LogP contribution >= 0.6 is 11.3 Å². The molecule has 5 heteroatoms. The fourth-order valence-electron chi connectivity index (χ4n) is 2.93. The van der Waals surface area contributed by atoms with E-state index >= 15 is 0 Å². The van der Waals surface area contributed by atoms with Gasteiger partial charge in [0, 0.05) is 6.04 Å². The van der Waals surface area contributed by atoms with E-state index in [1.165, 1.54) is 32.5 Å². The Hall–Kier alpha value is -1.17. The molecule has 3 rings (SSSR count). The highest BCUT2D eigenvalue weighted by Crippen LogP contribution is 2.26. The molecule has 0 radical (unpaired) electrons. The molecule has 1 aliphatic rings. The Morgan fingerprint density at radius 2 is 2.24 bits per heavy atom. The van der Waals surface area contributed by atoms with Crippen LogP contribution < -0.4 is 0 Å². The van der Waals surface area contributed by atoms with Crippen LogP contribution in [-0.4, -0.2) is 47.5 Å². The summed E-state index contributed by atoms with van der Waals surface area (Å²) in [5, 5.41) is 2.06. The van der Waals surface area contributed by atoms with E-state index in [1.54, 1.807) is 11.3 Å². The molecule has 0 bridgehead atoms. The number of hydrogen-bond donors (Lipinski definition) is 0. The number of hydrogen-bond acceptors (Lipinski definition) is 5. The third-order valence-corrected chi connectivity index (χ3v) is 5.21. The second-order valence-corrected chi connectivity index (χ2v) is 6.62. The van der Waals surface area contributed by atoms with E-state index in [0.717, 1.165) is 23.1 Å². The number of nitrogens with zero attached hydrogens (tertiary/aromatic N) is 3. The number of oxazole rings is 1. The maximum Gasteiger partial charge on any atom is 0.209 e. The molecule has 0 aromatic carbocycles. The Bertz CT molecular complexity index is 544. The molecule has 0 unspecified atom stereocenters. The Kier molecular flexibility index (Phi) is 4.73. The summed E-state index contributed by atoms with van der Waals surface area (Å²) in [7, 11) is 2.18. The summed E-state index contributed by atoms with van der Waals surface area (Å²) in [5.41, 5.74) is 0. The molecule has 0 amide bonds. The summed E-state index contributed by atoms with van der Waals surface area (Å²) in [6, 6.07) is 4.75. The van der Waals surface area contributed by atoms with Crippen molar-refractivity contribution in [3.63, 3.8) is 0 Å². The number of rotatable bonds is 5. The monoisotopic (exact) mass is 305 g/mol. The predicted molar refractivity (Wildman–Crippen MR) is 86.4 cm³/mol. The number of aromatic nitrogens is 1. The van der Waals surface area contributed by atoms with Gasteiger partial charge in [-0.3, -0.25) is 4.90 Å². The first kappa shape index (κ1) is 14.8. The van der Waals surface area contributed by atoms with Crippen molar-refractivity contribution < 1.29 is 4.42 Å². The van der Waals surface area contributed by atoms with Gasteiger partial charge < -0.3 is 9.32 Å². The van der Waals surface area contributed by atoms with E-state index in [-0.39, 0.29) is 0 Å². The van der Waals surface area contributed by atoms with Crippen molar-refractivity contribution in [3.05, 3.63) is 29.6 Å². The fourth-order valence-corrected chi connectivity index (χ4v) is 3.61. The summed E-state index contributed by atoms with van der Waals surface area (Å²) in [4.78, 5) is 10.5. The van der Waals surface area contributed by atoms with Gasteiger partial charge in [-0.15, -0.1) is 11.3 Å². The van der Waals surface area contributed by atoms with Crippen LogP contribution in [0.15, 0.2) is 28.1 Å². The average Bonchev–Trinajstić information content (AvgIpc) is 3.18. The van der Waals surface area contributed by atoms with Crippen LogP contribution in [0.3, 0.4) is 0 Å². The second-order valence-electron chi connectivity index (χ2n) is 5.68. The first-order chi connectivity index (χ1) is 10.3. The number of likely N-dealkylation sites (tertiary alicyclic amines) is 1. The lowest BCUT2D eigenvalue weighted by Crippen LogP contribution is -2.42. The molecule has 0 aliphatic carbocycles. The largest absolute Gasteiger partial charge is 0.438 e. The zero-order chi connectivity index (χ0) is 14.7. The van der Waals surface area contributed by atoms with Crippen LogP contribution in [0.25, 0.3) is 10.6 Å². The molecule has 1 fully saturated rings. The van der Waals surface area contributed by atoms with E-state index in [9.17, 15) is 0 Å². The molecular formula is C16H23N3OS. The zero-order valence-electron chi connectivity index (χ0n) is 12.8. The van der Waals surface area contributed by atoms with Crippen molar-refractivity contribution in [1.29, 1.82) is 0 Å². The molecule has 0 spiro atoms. The minimum Gasteiger partial charge on any atom is -0.438 e. The molecule has 4 nitrogen and oxygen atoms in total. The van der Waals surface area contributed by atoms with Crippen LogP contribution in [0.5, 0.6) is 0 Å². The van der Waals surface area contributed by atoms with Gasteiger partial charge in [0.1, 0.15) is 0 Å². The molecule has 1 aliphatic heterocycles. The summed E-state index contributed by atoms with van der Waals surface area (Å²) in [5.74, 6) is 1.70. The van der Waals surface area contributed by atoms with Crippen LogP contribution in [0.1, 0.15) is 25.7 Å². The normalized spacial score (nSPS) is 17.7. The molecular weight excluding hydrogens is 282 g/mol. The molecule has 21 heavy (non-hydrogen) atoms. The minimum atomic E-state index is 0.643. The lowest BCUT2D eigenvalue weighted by Gasteiger charge is -2.35. The van der Waals surface area contributed by atoms with E-state index < -0.39 is 0 Å². The minimum absolute atomic E-state index is 0.643. The third-order valence-electron chi connectivity index (χ3n) is 4.33. The maximum atomic E-state index is 5.88. The van der Waals surface area contributed by atoms with E-state index in [0.29, 0.717) is 6.04 Å². The lowest BCUT2D eigenvalue weighted by atomic mass is 10.0. The smallest absolute Gasteiger partial charge is 0.209 e. The van der Waals surface area contributed by atoms with Crippen molar-refractivity contribution in [1.82, 2.24) is 14.8 Å². The van der Waals surface area contributed by atoms with Crippen molar-refractivity contribution in [2.45, 2.75) is 32.4 Å². The lowest BCUT2D eigenvalue weighted by molar-refractivity contribution is 0.120. The Labute approximate surface area is 130 Å². The van der Waals surface area contributed by atoms with E-state index in [4.69, 9.17) is 4.42 Å². The maximum absolute atomic E-state index is 5.88. The molecule has 114 valence electrons. The molecule has 2 aromatic rings. The summed E-state index contributed by atoms with van der Waals surface area (Å²) >= 11 is 1.69. The van der Waals surface area contributed by atoms with Crippen molar-refractivity contribution in [2.75, 3.05) is 26.7 Å². The second kappa shape index (κ2) is 6.73. The van der Waals surface area contributed by atoms with Gasteiger partial charge in [-0.1, -0.05) is 13.0 Å². The standard InChI is InChI=1S/C16H23N3OS/c1-3-19-8-6-13(7-9-19)18(2)12-16-17-11-14(20-16)15-5-4-10-21-15/h4-5,10-11,13H,3,6-9,12H2,1-2H3. The van der Waals surface area contributed by atoms with Gasteiger partial charge in [-0.05, 0) is 51.0 Å². The molecule has 0 atom stereocenters. The Morgan fingerprint density at radius 3 is 2.90 bits per heavy atom. The van der Waals surface area contributed by atoms with Gasteiger partial charge in [-0.25, -0.2) is 4.98 Å². The first-order valence-corrected chi connectivity index (χ1v) is 8.55. The number of piperidine rings is 1. The topological polar surface area (TPSA) is 32.5 Å². The van der Waals surface area contributed by atoms with Gasteiger partial charge >= 0.3 is 0 Å². The van der Waals surface area contributed by atoms with Crippen LogP contribution in [0.4, 0.5) is 0 Å². The molecule has 3 heterocycles. The van der Waals surface area contributed by atoms with Crippen LogP contribution in [-0.2, 0) is 6.54 Å². The van der Waals surface area contributed by atoms with Gasteiger partial charge in [0.05, 0.1) is 17.6 Å².